The van der Waals surface area contributed by atoms with Gasteiger partial charge in [-0.05, 0) is 29.8 Å². The Bertz CT molecular complexity index is 806. The van der Waals surface area contributed by atoms with Crippen molar-refractivity contribution in [3.8, 4) is 17.2 Å². The number of nitrogens with zero attached hydrogens (tertiary/aromatic N) is 1. The molecule has 0 unspecified atom stereocenters. The van der Waals surface area contributed by atoms with Crippen LogP contribution in [0.15, 0.2) is 17.0 Å². The summed E-state index contributed by atoms with van der Waals surface area (Å²) in [6, 6.07) is 3.29. The quantitative estimate of drug-likeness (QED) is 0.661. The van der Waals surface area contributed by atoms with Crippen molar-refractivity contribution in [3.05, 3.63) is 22.6 Å². The van der Waals surface area contributed by atoms with Crippen molar-refractivity contribution in [2.24, 2.45) is 5.92 Å². The number of imide groups is 1. The number of carbonyl (C=O) groups is 3. The van der Waals surface area contributed by atoms with Gasteiger partial charge in [-0.15, -0.1) is 0 Å². The number of rotatable bonds is 8. The van der Waals surface area contributed by atoms with Gasteiger partial charge in [0, 0.05) is 18.2 Å². The maximum atomic E-state index is 12.6. The summed E-state index contributed by atoms with van der Waals surface area (Å²) in [6.07, 6.45) is 1.54. The van der Waals surface area contributed by atoms with Gasteiger partial charge in [-0.1, -0.05) is 13.8 Å². The summed E-state index contributed by atoms with van der Waals surface area (Å²) in [7, 11) is 4.49. The number of thioether (sulfide) groups is 1. The first-order valence-electron chi connectivity index (χ1n) is 8.62. The van der Waals surface area contributed by atoms with E-state index >= 15 is 0 Å². The zero-order valence-corrected chi connectivity index (χ0v) is 17.3. The Morgan fingerprint density at radius 3 is 2.29 bits per heavy atom. The number of hydrogen-bond acceptors (Lipinski definition) is 7. The fourth-order valence-electron chi connectivity index (χ4n) is 2.46. The van der Waals surface area contributed by atoms with E-state index in [1.807, 2.05) is 13.8 Å². The topological polar surface area (TPSA) is 94.2 Å². The highest BCUT2D eigenvalue weighted by atomic mass is 32.2. The summed E-state index contributed by atoms with van der Waals surface area (Å²) in [6.45, 7) is 4.09. The van der Waals surface area contributed by atoms with Crippen LogP contribution in [-0.4, -0.2) is 56.4 Å². The molecule has 0 spiro atoms. The van der Waals surface area contributed by atoms with E-state index in [0.717, 1.165) is 16.7 Å². The van der Waals surface area contributed by atoms with Gasteiger partial charge in [-0.3, -0.25) is 19.3 Å². The van der Waals surface area contributed by atoms with Crippen LogP contribution in [0.3, 0.4) is 0 Å². The van der Waals surface area contributed by atoms with Gasteiger partial charge in [-0.2, -0.15) is 0 Å². The highest BCUT2D eigenvalue weighted by Crippen LogP contribution is 2.38. The van der Waals surface area contributed by atoms with Crippen molar-refractivity contribution in [2.75, 3.05) is 34.4 Å². The van der Waals surface area contributed by atoms with Gasteiger partial charge in [0.25, 0.3) is 11.1 Å². The Morgan fingerprint density at radius 2 is 1.71 bits per heavy atom. The third kappa shape index (κ3) is 4.98. The standard InChI is InChI=1S/C19H24N2O6S/c1-11(2)9-20-17(22)10-21-18(23)16(28-19(21)24)7-12-6-14(26-4)15(27-5)8-13(12)25-3/h6-8,11H,9-10H2,1-5H3,(H,20,22)/b16-7-. The second-order valence-corrected chi connectivity index (χ2v) is 7.41. The van der Waals surface area contributed by atoms with Gasteiger partial charge in [0.1, 0.15) is 12.3 Å². The monoisotopic (exact) mass is 408 g/mol. The van der Waals surface area contributed by atoms with E-state index < -0.39 is 11.1 Å². The normalized spacial score (nSPS) is 15.4. The summed E-state index contributed by atoms with van der Waals surface area (Å²) < 4.78 is 15.9. The fraction of sp³-hybridized carbons (Fsp3) is 0.421. The molecule has 1 fully saturated rings. The minimum Gasteiger partial charge on any atom is -0.496 e. The maximum absolute atomic E-state index is 12.6. The molecular formula is C19H24N2O6S. The molecule has 152 valence electrons. The fourth-order valence-corrected chi connectivity index (χ4v) is 3.29. The van der Waals surface area contributed by atoms with Gasteiger partial charge in [0.15, 0.2) is 11.5 Å². The van der Waals surface area contributed by atoms with Crippen molar-refractivity contribution < 1.29 is 28.6 Å². The Hall–Kier alpha value is -2.68. The Labute approximate surface area is 168 Å². The molecule has 2 rings (SSSR count). The zero-order valence-electron chi connectivity index (χ0n) is 16.5. The largest absolute Gasteiger partial charge is 0.496 e. The number of ether oxygens (including phenoxy) is 3. The van der Waals surface area contributed by atoms with Crippen LogP contribution in [0.4, 0.5) is 4.79 Å². The smallest absolute Gasteiger partial charge is 0.294 e. The third-order valence-corrected chi connectivity index (χ3v) is 4.81. The lowest BCUT2D eigenvalue weighted by Gasteiger charge is -2.13. The van der Waals surface area contributed by atoms with Crippen molar-refractivity contribution in [2.45, 2.75) is 13.8 Å². The predicted molar refractivity (Wildman–Crippen MR) is 107 cm³/mol. The van der Waals surface area contributed by atoms with Gasteiger partial charge in [-0.25, -0.2) is 0 Å². The first-order chi connectivity index (χ1) is 13.3. The average Bonchev–Trinajstić information content (AvgIpc) is 2.93. The lowest BCUT2D eigenvalue weighted by molar-refractivity contribution is -0.129. The van der Waals surface area contributed by atoms with Crippen LogP contribution in [0.25, 0.3) is 6.08 Å². The molecule has 28 heavy (non-hydrogen) atoms. The Kier molecular flexibility index (Phi) is 7.33. The van der Waals surface area contributed by atoms with Crippen LogP contribution in [-0.2, 0) is 9.59 Å². The molecule has 3 amide bonds. The second-order valence-electron chi connectivity index (χ2n) is 6.41. The molecule has 0 aromatic heterocycles. The summed E-state index contributed by atoms with van der Waals surface area (Å²) in [4.78, 5) is 37.9. The van der Waals surface area contributed by atoms with Crippen molar-refractivity contribution in [1.29, 1.82) is 0 Å². The molecule has 0 radical (unpaired) electrons. The van der Waals surface area contributed by atoms with Crippen LogP contribution in [0.5, 0.6) is 17.2 Å². The van der Waals surface area contributed by atoms with Crippen LogP contribution < -0.4 is 19.5 Å². The van der Waals surface area contributed by atoms with Gasteiger partial charge in [0.2, 0.25) is 5.91 Å². The minimum absolute atomic E-state index is 0.201. The Morgan fingerprint density at radius 1 is 1.11 bits per heavy atom. The molecule has 0 bridgehead atoms. The van der Waals surface area contributed by atoms with E-state index in [9.17, 15) is 14.4 Å². The first kappa shape index (κ1) is 21.6. The van der Waals surface area contributed by atoms with E-state index in [4.69, 9.17) is 14.2 Å². The van der Waals surface area contributed by atoms with E-state index in [0.29, 0.717) is 29.4 Å². The van der Waals surface area contributed by atoms with Crippen LogP contribution >= 0.6 is 11.8 Å². The molecule has 1 aliphatic heterocycles. The van der Waals surface area contributed by atoms with Crippen LogP contribution in [0.2, 0.25) is 0 Å². The molecule has 0 aliphatic carbocycles. The highest BCUT2D eigenvalue weighted by Gasteiger charge is 2.36. The molecule has 1 saturated heterocycles. The Balaban J connectivity index is 2.24. The van der Waals surface area contributed by atoms with E-state index in [2.05, 4.69) is 5.32 Å². The summed E-state index contributed by atoms with van der Waals surface area (Å²) in [5, 5.41) is 2.21. The van der Waals surface area contributed by atoms with E-state index in [-0.39, 0.29) is 23.3 Å². The molecule has 1 aromatic carbocycles. The van der Waals surface area contributed by atoms with Crippen molar-refractivity contribution in [3.63, 3.8) is 0 Å². The van der Waals surface area contributed by atoms with Crippen LogP contribution in [0.1, 0.15) is 19.4 Å². The highest BCUT2D eigenvalue weighted by molar-refractivity contribution is 8.18. The molecule has 1 aliphatic rings. The molecule has 8 nitrogen and oxygen atoms in total. The minimum atomic E-state index is -0.522. The third-order valence-electron chi connectivity index (χ3n) is 3.91. The molecule has 1 N–H and O–H groups in total. The van der Waals surface area contributed by atoms with Crippen molar-refractivity contribution in [1.82, 2.24) is 10.2 Å². The lowest BCUT2D eigenvalue weighted by Crippen LogP contribution is -2.40. The molecule has 1 aromatic rings. The lowest BCUT2D eigenvalue weighted by atomic mass is 10.1. The second kappa shape index (κ2) is 9.50. The first-order valence-corrected chi connectivity index (χ1v) is 9.44. The zero-order chi connectivity index (χ0) is 20.8. The van der Waals surface area contributed by atoms with Gasteiger partial charge < -0.3 is 19.5 Å². The number of nitrogens with one attached hydrogen (secondary N) is 1. The number of hydrogen-bond donors (Lipinski definition) is 1. The molecular weight excluding hydrogens is 384 g/mol. The van der Waals surface area contributed by atoms with Crippen LogP contribution in [0, 0.1) is 5.92 Å². The van der Waals surface area contributed by atoms with Gasteiger partial charge >= 0.3 is 0 Å². The summed E-state index contributed by atoms with van der Waals surface area (Å²) in [5.41, 5.74) is 0.551. The predicted octanol–water partition coefficient (Wildman–Crippen LogP) is 2.52. The number of amides is 3. The van der Waals surface area contributed by atoms with Crippen molar-refractivity contribution >= 4 is 34.9 Å². The summed E-state index contributed by atoms with van der Waals surface area (Å²) >= 11 is 0.777. The van der Waals surface area contributed by atoms with E-state index in [1.165, 1.54) is 27.4 Å². The van der Waals surface area contributed by atoms with E-state index in [1.54, 1.807) is 12.1 Å². The SMILES string of the molecule is COc1cc(OC)c(OC)cc1/C=C1\SC(=O)N(CC(=O)NCC(C)C)C1=O. The number of benzene rings is 1. The summed E-state index contributed by atoms with van der Waals surface area (Å²) in [5.74, 6) is 0.774. The maximum Gasteiger partial charge on any atom is 0.294 e. The average molecular weight is 408 g/mol. The number of methoxy groups -OCH3 is 3. The molecule has 1 heterocycles. The van der Waals surface area contributed by atoms with Gasteiger partial charge in [0.05, 0.1) is 26.2 Å². The molecule has 0 saturated carbocycles. The molecule has 9 heteroatoms. The number of carbonyl (C=O) groups excluding carboxylic acids is 3. The molecule has 0 atom stereocenters.